The van der Waals surface area contributed by atoms with Crippen LogP contribution in [0.3, 0.4) is 0 Å². The summed E-state index contributed by atoms with van der Waals surface area (Å²) in [4.78, 5) is 29.8. The van der Waals surface area contributed by atoms with E-state index in [1.54, 1.807) is 42.5 Å². The van der Waals surface area contributed by atoms with Crippen LogP contribution in [-0.2, 0) is 9.59 Å². The van der Waals surface area contributed by atoms with Gasteiger partial charge in [-0.15, -0.1) is 0 Å². The first-order valence-corrected chi connectivity index (χ1v) is 11.2. The minimum atomic E-state index is -0.766. The highest BCUT2D eigenvalue weighted by molar-refractivity contribution is 6.46. The van der Waals surface area contributed by atoms with Crippen molar-refractivity contribution in [3.8, 4) is 17.2 Å². The molecule has 182 valence electrons. The molecule has 1 saturated heterocycles. The number of ether oxygens (including phenoxy) is 3. The standard InChI is InChI=1S/C26H32N2O6/c1-6-34-20-12-11-17(16-21(20)33-5)23-22(24(29)18-9-7-10-19(15-18)32-4)25(30)26(31)28(23)14-8-13-27(2)3/h7,9-12,15-16,23,29H,6,8,13-14H2,1-5H3/b24-22-. The van der Waals surface area contributed by atoms with Gasteiger partial charge >= 0.3 is 0 Å². The van der Waals surface area contributed by atoms with E-state index in [1.165, 1.54) is 19.1 Å². The Bertz CT molecular complexity index is 1080. The molecule has 8 nitrogen and oxygen atoms in total. The van der Waals surface area contributed by atoms with Crippen LogP contribution in [0.25, 0.3) is 5.76 Å². The number of ketones is 1. The van der Waals surface area contributed by atoms with Crippen molar-refractivity contribution in [2.75, 3.05) is 48.0 Å². The second-order valence-electron chi connectivity index (χ2n) is 8.22. The molecule has 0 aromatic heterocycles. The van der Waals surface area contributed by atoms with Crippen molar-refractivity contribution in [3.05, 3.63) is 59.2 Å². The number of methoxy groups -OCH3 is 2. The second kappa shape index (κ2) is 11.1. The molecule has 1 unspecified atom stereocenters. The van der Waals surface area contributed by atoms with Crippen molar-refractivity contribution < 1.29 is 28.9 Å². The van der Waals surface area contributed by atoms with Gasteiger partial charge in [0.15, 0.2) is 11.5 Å². The first kappa shape index (κ1) is 25.1. The molecule has 0 aliphatic carbocycles. The number of aliphatic hydroxyl groups excluding tert-OH is 1. The van der Waals surface area contributed by atoms with E-state index in [0.717, 1.165) is 6.54 Å². The van der Waals surface area contributed by atoms with E-state index in [0.29, 0.717) is 47.9 Å². The third-order valence-corrected chi connectivity index (χ3v) is 5.69. The van der Waals surface area contributed by atoms with Gasteiger partial charge in [0.05, 0.1) is 32.4 Å². The molecule has 3 rings (SSSR count). The zero-order valence-electron chi connectivity index (χ0n) is 20.3. The van der Waals surface area contributed by atoms with Crippen molar-refractivity contribution in [2.45, 2.75) is 19.4 Å². The summed E-state index contributed by atoms with van der Waals surface area (Å²) >= 11 is 0. The summed E-state index contributed by atoms with van der Waals surface area (Å²) in [5, 5.41) is 11.2. The van der Waals surface area contributed by atoms with Gasteiger partial charge in [0.2, 0.25) is 0 Å². The Balaban J connectivity index is 2.14. The highest BCUT2D eigenvalue weighted by Gasteiger charge is 2.46. The van der Waals surface area contributed by atoms with Crippen LogP contribution in [-0.4, -0.2) is 74.6 Å². The number of amides is 1. The van der Waals surface area contributed by atoms with E-state index in [2.05, 4.69) is 0 Å². The van der Waals surface area contributed by atoms with Crippen LogP contribution in [0, 0.1) is 0 Å². The predicted octanol–water partition coefficient (Wildman–Crippen LogP) is 3.48. The van der Waals surface area contributed by atoms with Gasteiger partial charge < -0.3 is 29.1 Å². The Kier molecular flexibility index (Phi) is 8.17. The van der Waals surface area contributed by atoms with Crippen LogP contribution in [0.4, 0.5) is 0 Å². The fraction of sp³-hybridized carbons (Fsp3) is 0.385. The van der Waals surface area contributed by atoms with Crippen molar-refractivity contribution in [2.24, 2.45) is 0 Å². The quantitative estimate of drug-likeness (QED) is 0.324. The molecule has 1 amide bonds. The molecule has 34 heavy (non-hydrogen) atoms. The van der Waals surface area contributed by atoms with Gasteiger partial charge in [-0.25, -0.2) is 0 Å². The van der Waals surface area contributed by atoms with Gasteiger partial charge in [-0.1, -0.05) is 18.2 Å². The van der Waals surface area contributed by atoms with Gasteiger partial charge in [-0.2, -0.15) is 0 Å². The maximum Gasteiger partial charge on any atom is 0.295 e. The molecule has 0 saturated carbocycles. The normalized spacial score (nSPS) is 17.4. The molecular formula is C26H32N2O6. The van der Waals surface area contributed by atoms with E-state index in [-0.39, 0.29) is 11.3 Å². The number of rotatable bonds is 10. The molecule has 1 atom stereocenters. The average molecular weight is 469 g/mol. The smallest absolute Gasteiger partial charge is 0.295 e. The van der Waals surface area contributed by atoms with Gasteiger partial charge in [0, 0.05) is 12.1 Å². The lowest BCUT2D eigenvalue weighted by molar-refractivity contribution is -0.139. The first-order valence-electron chi connectivity index (χ1n) is 11.2. The molecule has 1 fully saturated rings. The summed E-state index contributed by atoms with van der Waals surface area (Å²) in [6.45, 7) is 3.45. The molecule has 0 bridgehead atoms. The average Bonchev–Trinajstić information content (AvgIpc) is 3.08. The van der Waals surface area contributed by atoms with E-state index < -0.39 is 17.7 Å². The second-order valence-corrected chi connectivity index (χ2v) is 8.22. The summed E-state index contributed by atoms with van der Waals surface area (Å²) in [5.74, 6) is -0.0245. The molecule has 1 aliphatic rings. The van der Waals surface area contributed by atoms with E-state index >= 15 is 0 Å². The summed E-state index contributed by atoms with van der Waals surface area (Å²) in [6, 6.07) is 11.3. The topological polar surface area (TPSA) is 88.5 Å². The number of benzene rings is 2. The highest BCUT2D eigenvalue weighted by Crippen LogP contribution is 2.42. The molecule has 0 radical (unpaired) electrons. The highest BCUT2D eigenvalue weighted by atomic mass is 16.5. The lowest BCUT2D eigenvalue weighted by Crippen LogP contribution is -2.32. The fourth-order valence-electron chi connectivity index (χ4n) is 4.07. The molecular weight excluding hydrogens is 436 g/mol. The first-order chi connectivity index (χ1) is 16.3. The summed E-state index contributed by atoms with van der Waals surface area (Å²) in [6.07, 6.45) is 0.671. The van der Waals surface area contributed by atoms with Gasteiger partial charge in [-0.3, -0.25) is 9.59 Å². The molecule has 8 heteroatoms. The molecule has 2 aromatic rings. The number of carbonyl (C=O) groups is 2. The van der Waals surface area contributed by atoms with Gasteiger partial charge in [-0.05, 0) is 63.8 Å². The third kappa shape index (κ3) is 5.17. The number of Topliss-reactive ketones (excluding diaryl/α,β-unsaturated/α-hetero) is 1. The molecule has 2 aromatic carbocycles. The maximum atomic E-state index is 13.2. The molecule has 1 heterocycles. The Morgan fingerprint density at radius 1 is 1.06 bits per heavy atom. The Morgan fingerprint density at radius 2 is 1.82 bits per heavy atom. The van der Waals surface area contributed by atoms with Gasteiger partial charge in [0.1, 0.15) is 11.5 Å². The van der Waals surface area contributed by atoms with Crippen LogP contribution >= 0.6 is 0 Å². The number of hydrogen-bond donors (Lipinski definition) is 1. The predicted molar refractivity (Wildman–Crippen MR) is 129 cm³/mol. The molecule has 0 spiro atoms. The molecule has 1 aliphatic heterocycles. The SMILES string of the molecule is CCOc1ccc(C2/C(=C(/O)c3cccc(OC)c3)C(=O)C(=O)N2CCCN(C)C)cc1OC. The van der Waals surface area contributed by atoms with Crippen molar-refractivity contribution in [3.63, 3.8) is 0 Å². The lowest BCUT2D eigenvalue weighted by Gasteiger charge is -2.26. The Morgan fingerprint density at radius 3 is 2.47 bits per heavy atom. The minimum absolute atomic E-state index is 0.0364. The largest absolute Gasteiger partial charge is 0.507 e. The number of likely N-dealkylation sites (tertiary alicyclic amines) is 1. The summed E-state index contributed by atoms with van der Waals surface area (Å²) in [5.41, 5.74) is 1.08. The van der Waals surface area contributed by atoms with E-state index in [1.807, 2.05) is 25.9 Å². The van der Waals surface area contributed by atoms with Crippen molar-refractivity contribution >= 4 is 17.4 Å². The van der Waals surface area contributed by atoms with E-state index in [4.69, 9.17) is 14.2 Å². The maximum absolute atomic E-state index is 13.2. The number of carbonyl (C=O) groups excluding carboxylic acids is 2. The van der Waals surface area contributed by atoms with Crippen molar-refractivity contribution in [1.29, 1.82) is 0 Å². The Hall–Kier alpha value is -3.52. The van der Waals surface area contributed by atoms with Crippen LogP contribution < -0.4 is 14.2 Å². The van der Waals surface area contributed by atoms with Crippen molar-refractivity contribution in [1.82, 2.24) is 9.80 Å². The monoisotopic (exact) mass is 468 g/mol. The van der Waals surface area contributed by atoms with E-state index in [9.17, 15) is 14.7 Å². The fourth-order valence-corrected chi connectivity index (χ4v) is 4.07. The zero-order chi connectivity index (χ0) is 24.8. The zero-order valence-corrected chi connectivity index (χ0v) is 20.3. The number of nitrogens with zero attached hydrogens (tertiary/aromatic N) is 2. The van der Waals surface area contributed by atoms with Gasteiger partial charge in [0.25, 0.3) is 11.7 Å². The van der Waals surface area contributed by atoms with Crippen LogP contribution in [0.2, 0.25) is 0 Å². The lowest BCUT2D eigenvalue weighted by atomic mass is 9.95. The summed E-state index contributed by atoms with van der Waals surface area (Å²) < 4.78 is 16.4. The molecule has 1 N–H and O–H groups in total. The minimum Gasteiger partial charge on any atom is -0.507 e. The van der Waals surface area contributed by atoms with Crippen LogP contribution in [0.1, 0.15) is 30.5 Å². The number of hydrogen-bond acceptors (Lipinski definition) is 7. The Labute approximate surface area is 200 Å². The van der Waals surface area contributed by atoms with Crippen LogP contribution in [0.5, 0.6) is 17.2 Å². The third-order valence-electron chi connectivity index (χ3n) is 5.69. The number of aliphatic hydroxyl groups is 1. The summed E-state index contributed by atoms with van der Waals surface area (Å²) in [7, 11) is 6.96. The van der Waals surface area contributed by atoms with Crippen LogP contribution in [0.15, 0.2) is 48.0 Å².